The van der Waals surface area contributed by atoms with Gasteiger partial charge >= 0.3 is 6.18 Å². The molecule has 10 heteroatoms. The van der Waals surface area contributed by atoms with Gasteiger partial charge in [0.05, 0.1) is 16.6 Å². The molecule has 3 N–H and O–H groups in total. The lowest BCUT2D eigenvalue weighted by atomic mass is 9.95. The van der Waals surface area contributed by atoms with Crippen LogP contribution in [0.2, 0.25) is 0 Å². The number of aromatic amines is 1. The van der Waals surface area contributed by atoms with Crippen LogP contribution in [0.1, 0.15) is 41.3 Å². The van der Waals surface area contributed by atoms with Gasteiger partial charge in [-0.2, -0.15) is 13.2 Å². The van der Waals surface area contributed by atoms with Crippen molar-refractivity contribution < 1.29 is 27.8 Å². The molecule has 1 aliphatic heterocycles. The van der Waals surface area contributed by atoms with Crippen LogP contribution in [0.15, 0.2) is 48.7 Å². The van der Waals surface area contributed by atoms with E-state index in [-0.39, 0.29) is 28.9 Å². The number of pyridine rings is 1. The van der Waals surface area contributed by atoms with Crippen molar-refractivity contribution in [2.45, 2.75) is 36.8 Å². The molecule has 3 aliphatic rings. The first kappa shape index (κ1) is 21.2. The number of rotatable bonds is 4. The lowest BCUT2D eigenvalue weighted by molar-refractivity contribution is -0.137. The summed E-state index contributed by atoms with van der Waals surface area (Å²) in [5.74, 6) is 2.56. The zero-order valence-electron chi connectivity index (χ0n) is 18.7. The van der Waals surface area contributed by atoms with Crippen LogP contribution >= 0.6 is 0 Å². The van der Waals surface area contributed by atoms with Crippen molar-refractivity contribution in [3.8, 4) is 17.2 Å². The van der Waals surface area contributed by atoms with Crippen molar-refractivity contribution >= 4 is 22.8 Å². The lowest BCUT2D eigenvalue weighted by Gasteiger charge is -2.19. The number of aromatic hydroxyl groups is 1. The summed E-state index contributed by atoms with van der Waals surface area (Å²) in [7, 11) is 0. The molecule has 2 aromatic carbocycles. The number of ether oxygens (including phenoxy) is 1. The van der Waals surface area contributed by atoms with Gasteiger partial charge in [-0.3, -0.25) is 4.79 Å². The number of fused-ring (bicyclic) bond motifs is 3. The number of carbonyl (C=O) groups is 1. The summed E-state index contributed by atoms with van der Waals surface area (Å²) in [5, 5.41) is 13.4. The number of carbonyl (C=O) groups excluding carboxylic acids is 1. The Hall–Kier alpha value is -4.08. The molecule has 7 nitrogen and oxygen atoms in total. The lowest BCUT2D eigenvalue weighted by Crippen LogP contribution is -2.20. The van der Waals surface area contributed by atoms with Gasteiger partial charge in [0.15, 0.2) is 0 Å². The number of hydrogen-bond donors (Lipinski definition) is 3. The van der Waals surface area contributed by atoms with E-state index in [9.17, 15) is 23.1 Å². The minimum absolute atomic E-state index is 0.00524. The molecule has 7 rings (SSSR count). The third-order valence-corrected chi connectivity index (χ3v) is 7.59. The Labute approximate surface area is 202 Å². The van der Waals surface area contributed by atoms with Gasteiger partial charge in [0.2, 0.25) is 5.91 Å². The highest BCUT2D eigenvalue weighted by Crippen LogP contribution is 2.84. The average Bonchev–Trinajstić information content (AvgIpc) is 3.66. The monoisotopic (exact) mass is 492 g/mol. The quantitative estimate of drug-likeness (QED) is 0.354. The topological polar surface area (TPSA) is 100 Å². The second kappa shape index (κ2) is 6.99. The van der Waals surface area contributed by atoms with Gasteiger partial charge in [-0.25, -0.2) is 9.97 Å². The van der Waals surface area contributed by atoms with Crippen molar-refractivity contribution in [2.24, 2.45) is 5.92 Å². The SMILES string of the molecule is O=C1CCc2c(Oc3ccc(O)c([C@@H]4[C@@H]5CC45c4nc5ccc(C(F)(F)F)cc5[nH]4)c3)ccnc2N1. The van der Waals surface area contributed by atoms with Gasteiger partial charge in [0.25, 0.3) is 0 Å². The highest BCUT2D eigenvalue weighted by Gasteiger charge is 2.81. The highest BCUT2D eigenvalue weighted by molar-refractivity contribution is 5.93. The molecule has 0 saturated heterocycles. The molecule has 3 heterocycles. The summed E-state index contributed by atoms with van der Waals surface area (Å²) in [5.41, 5.74) is 1.34. The van der Waals surface area contributed by atoms with E-state index in [2.05, 4.69) is 20.3 Å². The first-order valence-electron chi connectivity index (χ1n) is 11.6. The number of nitrogens with zero attached hydrogens (tertiary/aromatic N) is 2. The van der Waals surface area contributed by atoms with Crippen LogP contribution in [-0.2, 0) is 22.8 Å². The van der Waals surface area contributed by atoms with Crippen molar-refractivity contribution in [3.63, 3.8) is 0 Å². The molecule has 4 aromatic rings. The number of benzene rings is 2. The number of nitrogens with one attached hydrogen (secondary N) is 2. The van der Waals surface area contributed by atoms with Crippen LogP contribution in [0, 0.1) is 5.92 Å². The fourth-order valence-corrected chi connectivity index (χ4v) is 5.55. The second-order valence-corrected chi connectivity index (χ2v) is 9.65. The molecule has 1 unspecified atom stereocenters. The first-order valence-corrected chi connectivity index (χ1v) is 11.6. The Kier molecular flexibility index (Phi) is 4.12. The summed E-state index contributed by atoms with van der Waals surface area (Å²) in [4.78, 5) is 23.6. The van der Waals surface area contributed by atoms with Gasteiger partial charge in [0, 0.05) is 35.1 Å². The molecule has 2 aliphatic carbocycles. The number of amides is 1. The van der Waals surface area contributed by atoms with Crippen LogP contribution in [0.4, 0.5) is 19.0 Å². The number of anilines is 1. The van der Waals surface area contributed by atoms with E-state index in [0.717, 1.165) is 29.7 Å². The maximum Gasteiger partial charge on any atom is 0.416 e. The van der Waals surface area contributed by atoms with E-state index in [1.54, 1.807) is 30.5 Å². The standard InChI is InChI=1S/C26H19F3N4O3/c27-26(28,29)12-1-4-17-18(9-12)32-24(31-17)25-11-16(25)22(25)15-10-13(2-5-19(15)34)36-20-7-8-30-23-14(20)3-6-21(35)33-23/h1-2,4-5,7-10,16,22,34H,3,6,11H2,(H,31,32)(H,30,33,35)/t16-,22+,25?/m0/s1. The normalized spacial score (nSPS) is 24.1. The second-order valence-electron chi connectivity index (χ2n) is 9.65. The van der Waals surface area contributed by atoms with Gasteiger partial charge < -0.3 is 20.1 Å². The van der Waals surface area contributed by atoms with Crippen LogP contribution in [0.5, 0.6) is 17.2 Å². The maximum absolute atomic E-state index is 13.1. The van der Waals surface area contributed by atoms with Gasteiger partial charge in [-0.15, -0.1) is 0 Å². The Morgan fingerprint density at radius 1 is 1.11 bits per heavy atom. The van der Waals surface area contributed by atoms with Gasteiger partial charge in [-0.05, 0) is 61.2 Å². The van der Waals surface area contributed by atoms with Crippen molar-refractivity contribution in [1.29, 1.82) is 0 Å². The zero-order chi connectivity index (χ0) is 24.8. The summed E-state index contributed by atoms with van der Waals surface area (Å²) in [6.07, 6.45) is -1.13. The predicted octanol–water partition coefficient (Wildman–Crippen LogP) is 5.41. The van der Waals surface area contributed by atoms with Gasteiger partial charge in [-0.1, -0.05) is 0 Å². The fourth-order valence-electron chi connectivity index (χ4n) is 5.55. The number of H-pyrrole nitrogens is 1. The fraction of sp³-hybridized carbons (Fsp3) is 0.269. The largest absolute Gasteiger partial charge is 0.508 e. The van der Waals surface area contributed by atoms with Crippen LogP contribution in [-0.4, -0.2) is 26.0 Å². The molecule has 3 atom stereocenters. The molecular formula is C26H19F3N4O3. The molecule has 2 aromatic heterocycles. The number of aromatic nitrogens is 3. The summed E-state index contributed by atoms with van der Waals surface area (Å²) < 4.78 is 45.5. The molecule has 2 saturated carbocycles. The van der Waals surface area contributed by atoms with Crippen molar-refractivity contribution in [1.82, 2.24) is 15.0 Å². The Morgan fingerprint density at radius 2 is 1.97 bits per heavy atom. The third-order valence-electron chi connectivity index (χ3n) is 7.59. The minimum atomic E-state index is -4.42. The minimum Gasteiger partial charge on any atom is -0.508 e. The number of phenolic OH excluding ortho intramolecular Hbond substituents is 1. The number of phenols is 1. The van der Waals surface area contributed by atoms with E-state index in [0.29, 0.717) is 47.0 Å². The smallest absolute Gasteiger partial charge is 0.416 e. The number of alkyl halides is 3. The number of imidazole rings is 1. The third kappa shape index (κ3) is 3.09. The Balaban J connectivity index is 1.18. The van der Waals surface area contributed by atoms with E-state index >= 15 is 0 Å². The Morgan fingerprint density at radius 3 is 2.78 bits per heavy atom. The van der Waals surface area contributed by atoms with Crippen LogP contribution in [0.25, 0.3) is 11.0 Å². The van der Waals surface area contributed by atoms with Crippen LogP contribution < -0.4 is 10.1 Å². The van der Waals surface area contributed by atoms with E-state index < -0.39 is 11.7 Å². The van der Waals surface area contributed by atoms with E-state index in [1.165, 1.54) is 6.07 Å². The molecule has 182 valence electrons. The highest BCUT2D eigenvalue weighted by atomic mass is 19.4. The summed E-state index contributed by atoms with van der Waals surface area (Å²) in [6.45, 7) is 0. The summed E-state index contributed by atoms with van der Waals surface area (Å²) in [6, 6.07) is 10.3. The molecule has 36 heavy (non-hydrogen) atoms. The molecule has 2 fully saturated rings. The predicted molar refractivity (Wildman–Crippen MR) is 123 cm³/mol. The van der Waals surface area contributed by atoms with Gasteiger partial charge in [0.1, 0.15) is 28.9 Å². The average molecular weight is 492 g/mol. The van der Waals surface area contributed by atoms with Crippen LogP contribution in [0.3, 0.4) is 0 Å². The Bertz CT molecular complexity index is 1580. The van der Waals surface area contributed by atoms with Crippen molar-refractivity contribution in [3.05, 3.63) is 71.2 Å². The molecule has 0 radical (unpaired) electrons. The molecule has 1 amide bonds. The first-order chi connectivity index (χ1) is 17.2. The van der Waals surface area contributed by atoms with E-state index in [4.69, 9.17) is 4.74 Å². The molecule has 0 spiro atoms. The molecular weight excluding hydrogens is 473 g/mol. The van der Waals surface area contributed by atoms with E-state index in [1.807, 2.05) is 0 Å². The maximum atomic E-state index is 13.1. The number of hydrogen-bond acceptors (Lipinski definition) is 5. The molecule has 0 bridgehead atoms. The zero-order valence-corrected chi connectivity index (χ0v) is 18.7. The summed E-state index contributed by atoms with van der Waals surface area (Å²) >= 11 is 0. The van der Waals surface area contributed by atoms with Crippen molar-refractivity contribution in [2.75, 3.05) is 5.32 Å². The number of halogens is 3.